The number of ether oxygens (including phenoxy) is 1. The Bertz CT molecular complexity index is 368. The molecule has 16 heavy (non-hydrogen) atoms. The molecule has 0 heterocycles. The summed E-state index contributed by atoms with van der Waals surface area (Å²) in [7, 11) is -1.67. The summed E-state index contributed by atoms with van der Waals surface area (Å²) < 4.78 is 18.4. The second-order valence-corrected chi connectivity index (χ2v) is 3.51. The van der Waals surface area contributed by atoms with E-state index in [1.807, 2.05) is 0 Å². The number of rotatable bonds is 5. The maximum atomic E-state index is 13.0. The van der Waals surface area contributed by atoms with Crippen LogP contribution in [0.2, 0.25) is 0 Å². The van der Waals surface area contributed by atoms with Crippen LogP contribution in [0.25, 0.3) is 0 Å². The fraction of sp³-hybridized carbons (Fsp3) is 0.273. The minimum Gasteiger partial charge on any atom is -0.491 e. The third-order valence-corrected chi connectivity index (χ3v) is 2.08. The first kappa shape index (κ1) is 12.7. The molecule has 1 aromatic carbocycles. The summed E-state index contributed by atoms with van der Waals surface area (Å²) in [6.07, 6.45) is 2.08. The van der Waals surface area contributed by atoms with E-state index in [2.05, 4.69) is 6.58 Å². The molecule has 86 valence electrons. The SMILES string of the molecule is C=CCC(C)Oc1cc(F)ccc1B(O)O. The van der Waals surface area contributed by atoms with E-state index in [1.54, 1.807) is 13.0 Å². The van der Waals surface area contributed by atoms with Crippen LogP contribution in [0.5, 0.6) is 5.75 Å². The lowest BCUT2D eigenvalue weighted by Crippen LogP contribution is -2.32. The highest BCUT2D eigenvalue weighted by molar-refractivity contribution is 6.59. The van der Waals surface area contributed by atoms with E-state index in [9.17, 15) is 4.39 Å². The van der Waals surface area contributed by atoms with Gasteiger partial charge < -0.3 is 14.8 Å². The van der Waals surface area contributed by atoms with Gasteiger partial charge in [-0.3, -0.25) is 0 Å². The largest absolute Gasteiger partial charge is 0.492 e. The highest BCUT2D eigenvalue weighted by Crippen LogP contribution is 2.13. The van der Waals surface area contributed by atoms with Gasteiger partial charge in [-0.15, -0.1) is 6.58 Å². The van der Waals surface area contributed by atoms with Crippen LogP contribution in [0, 0.1) is 5.82 Å². The van der Waals surface area contributed by atoms with Gasteiger partial charge in [0.15, 0.2) is 0 Å². The van der Waals surface area contributed by atoms with Crippen LogP contribution >= 0.6 is 0 Å². The van der Waals surface area contributed by atoms with Gasteiger partial charge in [0.05, 0.1) is 6.10 Å². The molecule has 0 fully saturated rings. The second-order valence-electron chi connectivity index (χ2n) is 3.51. The van der Waals surface area contributed by atoms with Crippen molar-refractivity contribution in [2.24, 2.45) is 0 Å². The Kier molecular flexibility index (Phi) is 4.52. The zero-order valence-corrected chi connectivity index (χ0v) is 9.06. The van der Waals surface area contributed by atoms with Gasteiger partial charge in [0.25, 0.3) is 0 Å². The Morgan fingerprint density at radius 3 is 2.81 bits per heavy atom. The van der Waals surface area contributed by atoms with Crippen molar-refractivity contribution >= 4 is 12.6 Å². The monoisotopic (exact) mass is 224 g/mol. The molecule has 0 amide bonds. The topological polar surface area (TPSA) is 49.7 Å². The number of hydrogen-bond donors (Lipinski definition) is 2. The molecule has 1 unspecified atom stereocenters. The van der Waals surface area contributed by atoms with Crippen LogP contribution in [0.4, 0.5) is 4.39 Å². The molecule has 0 aromatic heterocycles. The van der Waals surface area contributed by atoms with Gasteiger partial charge in [0.1, 0.15) is 11.6 Å². The Morgan fingerprint density at radius 1 is 1.56 bits per heavy atom. The summed E-state index contributed by atoms with van der Waals surface area (Å²) in [6.45, 7) is 5.36. The van der Waals surface area contributed by atoms with Gasteiger partial charge in [-0.05, 0) is 13.0 Å². The summed E-state index contributed by atoms with van der Waals surface area (Å²) in [5.41, 5.74) is 0.150. The average molecular weight is 224 g/mol. The Balaban J connectivity index is 2.91. The van der Waals surface area contributed by atoms with Crippen molar-refractivity contribution in [1.82, 2.24) is 0 Å². The number of hydrogen-bond acceptors (Lipinski definition) is 3. The molecule has 0 aliphatic carbocycles. The van der Waals surface area contributed by atoms with Crippen molar-refractivity contribution in [2.45, 2.75) is 19.4 Å². The zero-order valence-electron chi connectivity index (χ0n) is 9.06. The highest BCUT2D eigenvalue weighted by atomic mass is 19.1. The molecule has 0 saturated heterocycles. The van der Waals surface area contributed by atoms with E-state index in [1.165, 1.54) is 6.07 Å². The molecule has 3 nitrogen and oxygen atoms in total. The van der Waals surface area contributed by atoms with Crippen LogP contribution in [-0.2, 0) is 0 Å². The zero-order chi connectivity index (χ0) is 12.1. The van der Waals surface area contributed by atoms with Crippen molar-refractivity contribution in [1.29, 1.82) is 0 Å². The lowest BCUT2D eigenvalue weighted by Gasteiger charge is -2.16. The number of benzene rings is 1. The molecular formula is C11H14BFO3. The van der Waals surface area contributed by atoms with Crippen LogP contribution in [0.15, 0.2) is 30.9 Å². The minimum atomic E-state index is -1.67. The van der Waals surface area contributed by atoms with Gasteiger partial charge in [-0.1, -0.05) is 12.1 Å². The quantitative estimate of drug-likeness (QED) is 0.575. The maximum Gasteiger partial charge on any atom is 0.492 e. The van der Waals surface area contributed by atoms with E-state index in [-0.39, 0.29) is 17.3 Å². The standard InChI is InChI=1S/C11H14BFO3/c1-3-4-8(2)16-11-7-9(13)5-6-10(11)12(14)15/h3,5-8,14-15H,1,4H2,2H3. The first-order valence-corrected chi connectivity index (χ1v) is 4.97. The molecule has 1 aromatic rings. The fourth-order valence-corrected chi connectivity index (χ4v) is 1.32. The summed E-state index contributed by atoms with van der Waals surface area (Å²) in [5.74, 6) is -0.338. The van der Waals surface area contributed by atoms with E-state index in [0.717, 1.165) is 12.1 Å². The summed E-state index contributed by atoms with van der Waals surface area (Å²) in [4.78, 5) is 0. The molecule has 0 aliphatic rings. The van der Waals surface area contributed by atoms with E-state index >= 15 is 0 Å². The van der Waals surface area contributed by atoms with Gasteiger partial charge >= 0.3 is 7.12 Å². The van der Waals surface area contributed by atoms with E-state index in [0.29, 0.717) is 6.42 Å². The predicted octanol–water partition coefficient (Wildman–Crippen LogP) is 0.849. The third kappa shape index (κ3) is 3.36. The smallest absolute Gasteiger partial charge is 0.491 e. The average Bonchev–Trinajstić information content (AvgIpc) is 2.17. The normalized spacial score (nSPS) is 12.0. The van der Waals surface area contributed by atoms with Crippen LogP contribution < -0.4 is 10.2 Å². The number of halogens is 1. The minimum absolute atomic E-state index is 0.143. The van der Waals surface area contributed by atoms with Gasteiger partial charge in [0.2, 0.25) is 0 Å². The molecule has 1 rings (SSSR count). The molecule has 0 saturated carbocycles. The van der Waals surface area contributed by atoms with Crippen LogP contribution in [-0.4, -0.2) is 23.3 Å². The molecular weight excluding hydrogens is 210 g/mol. The molecule has 1 atom stereocenters. The van der Waals surface area contributed by atoms with Crippen LogP contribution in [0.1, 0.15) is 13.3 Å². The molecule has 0 radical (unpaired) electrons. The van der Waals surface area contributed by atoms with Crippen molar-refractivity contribution in [2.75, 3.05) is 0 Å². The fourth-order valence-electron chi connectivity index (χ4n) is 1.32. The lowest BCUT2D eigenvalue weighted by molar-refractivity contribution is 0.225. The Hall–Kier alpha value is -1.33. The lowest BCUT2D eigenvalue weighted by atomic mass is 9.79. The van der Waals surface area contributed by atoms with E-state index in [4.69, 9.17) is 14.8 Å². The van der Waals surface area contributed by atoms with Crippen LogP contribution in [0.3, 0.4) is 0 Å². The van der Waals surface area contributed by atoms with Gasteiger partial charge in [-0.2, -0.15) is 0 Å². The maximum absolute atomic E-state index is 13.0. The summed E-state index contributed by atoms with van der Waals surface area (Å²) >= 11 is 0. The van der Waals surface area contributed by atoms with Crippen molar-refractivity contribution in [3.63, 3.8) is 0 Å². The second kappa shape index (κ2) is 5.68. The summed E-state index contributed by atoms with van der Waals surface area (Å²) in [5, 5.41) is 18.1. The Morgan fingerprint density at radius 2 is 2.25 bits per heavy atom. The summed E-state index contributed by atoms with van der Waals surface area (Å²) in [6, 6.07) is 3.57. The van der Waals surface area contributed by atoms with Gasteiger partial charge in [-0.25, -0.2) is 4.39 Å². The Labute approximate surface area is 94.3 Å². The predicted molar refractivity (Wildman–Crippen MR) is 61.1 cm³/mol. The molecule has 5 heteroatoms. The molecule has 0 bridgehead atoms. The third-order valence-electron chi connectivity index (χ3n) is 2.08. The highest BCUT2D eigenvalue weighted by Gasteiger charge is 2.18. The molecule has 2 N–H and O–H groups in total. The van der Waals surface area contributed by atoms with Crippen molar-refractivity contribution < 1.29 is 19.2 Å². The first-order chi connectivity index (χ1) is 7.54. The van der Waals surface area contributed by atoms with Gasteiger partial charge in [0, 0.05) is 17.9 Å². The first-order valence-electron chi connectivity index (χ1n) is 4.97. The van der Waals surface area contributed by atoms with Crippen molar-refractivity contribution in [3.8, 4) is 5.75 Å². The van der Waals surface area contributed by atoms with E-state index < -0.39 is 12.9 Å². The molecule has 0 spiro atoms. The molecule has 0 aliphatic heterocycles. The van der Waals surface area contributed by atoms with Crippen molar-refractivity contribution in [3.05, 3.63) is 36.7 Å².